The summed E-state index contributed by atoms with van der Waals surface area (Å²) >= 11 is 16.2. The van der Waals surface area contributed by atoms with E-state index in [1.165, 1.54) is 35.2 Å². The Hall–Kier alpha value is -3.37. The third-order valence-corrected chi connectivity index (χ3v) is 11.3. The monoisotopic (exact) mass is 769 g/mol. The SMILES string of the molecule is Cc1ccc(S(=O)(=O)N(CC(=O)N(Cc2ccc(Br)cc2)[C@H](Cc2ccccc2)C(=O)NC2CCCCC2)c2cc(Cl)cc(Cl)c2)cc1. The molecule has 0 unspecified atom stereocenters. The van der Waals surface area contributed by atoms with Crippen LogP contribution in [0, 0.1) is 6.92 Å². The van der Waals surface area contributed by atoms with Crippen LogP contribution in [0.2, 0.25) is 10.0 Å². The lowest BCUT2D eigenvalue weighted by Crippen LogP contribution is -2.55. The summed E-state index contributed by atoms with van der Waals surface area (Å²) in [5.74, 6) is -0.820. The van der Waals surface area contributed by atoms with E-state index in [9.17, 15) is 18.0 Å². The maximum Gasteiger partial charge on any atom is 0.264 e. The van der Waals surface area contributed by atoms with Crippen LogP contribution in [0.15, 0.2) is 106 Å². The van der Waals surface area contributed by atoms with Gasteiger partial charge in [0.25, 0.3) is 10.0 Å². The first kappa shape index (κ1) is 35.9. The van der Waals surface area contributed by atoms with Gasteiger partial charge in [-0.05, 0) is 73.4 Å². The number of halogens is 3. The van der Waals surface area contributed by atoms with E-state index in [1.807, 2.05) is 61.5 Å². The molecule has 1 aliphatic carbocycles. The minimum Gasteiger partial charge on any atom is -0.352 e. The van der Waals surface area contributed by atoms with Crippen LogP contribution in [0.3, 0.4) is 0 Å². The first-order valence-corrected chi connectivity index (χ1v) is 18.9. The van der Waals surface area contributed by atoms with Crippen molar-refractivity contribution in [2.75, 3.05) is 10.8 Å². The molecule has 1 atom stereocenters. The molecule has 48 heavy (non-hydrogen) atoms. The molecular formula is C37H38BrCl2N3O4S. The number of carbonyl (C=O) groups excluding carboxylic acids is 2. The van der Waals surface area contributed by atoms with Crippen LogP contribution in [0.5, 0.6) is 0 Å². The smallest absolute Gasteiger partial charge is 0.264 e. The summed E-state index contributed by atoms with van der Waals surface area (Å²) in [4.78, 5) is 30.4. The number of hydrogen-bond donors (Lipinski definition) is 1. The summed E-state index contributed by atoms with van der Waals surface area (Å²) in [5, 5.41) is 3.66. The number of carbonyl (C=O) groups is 2. The second-order valence-electron chi connectivity index (χ2n) is 12.1. The molecule has 1 N–H and O–H groups in total. The Morgan fingerprint density at radius 3 is 2.10 bits per heavy atom. The number of nitrogens with zero attached hydrogens (tertiary/aromatic N) is 2. The van der Waals surface area contributed by atoms with Gasteiger partial charge in [-0.2, -0.15) is 0 Å². The Balaban J connectivity index is 1.58. The van der Waals surface area contributed by atoms with Gasteiger partial charge in [0.1, 0.15) is 12.6 Å². The highest BCUT2D eigenvalue weighted by molar-refractivity contribution is 9.10. The lowest BCUT2D eigenvalue weighted by Gasteiger charge is -2.35. The number of hydrogen-bond acceptors (Lipinski definition) is 4. The molecule has 252 valence electrons. The molecule has 0 aromatic heterocycles. The fraction of sp³-hybridized carbons (Fsp3) is 0.297. The highest BCUT2D eigenvalue weighted by Gasteiger charge is 2.35. The maximum atomic E-state index is 14.7. The zero-order valence-electron chi connectivity index (χ0n) is 26.6. The Labute approximate surface area is 301 Å². The van der Waals surface area contributed by atoms with E-state index in [2.05, 4.69) is 21.2 Å². The zero-order valence-corrected chi connectivity index (χ0v) is 30.5. The second kappa shape index (κ2) is 16.4. The summed E-state index contributed by atoms with van der Waals surface area (Å²) in [5.41, 5.74) is 2.68. The van der Waals surface area contributed by atoms with Crippen molar-refractivity contribution in [1.82, 2.24) is 10.2 Å². The summed E-state index contributed by atoms with van der Waals surface area (Å²) in [6, 6.07) is 26.9. The molecule has 0 bridgehead atoms. The molecule has 0 radical (unpaired) electrons. The van der Waals surface area contributed by atoms with Crippen molar-refractivity contribution in [1.29, 1.82) is 0 Å². The molecule has 0 spiro atoms. The number of nitrogens with one attached hydrogen (secondary N) is 1. The lowest BCUT2D eigenvalue weighted by atomic mass is 9.94. The highest BCUT2D eigenvalue weighted by atomic mass is 79.9. The van der Waals surface area contributed by atoms with Crippen molar-refractivity contribution >= 4 is 66.7 Å². The Morgan fingerprint density at radius 2 is 1.48 bits per heavy atom. The number of aryl methyl sites for hydroxylation is 1. The number of anilines is 1. The van der Waals surface area contributed by atoms with E-state index in [1.54, 1.807) is 12.1 Å². The largest absolute Gasteiger partial charge is 0.352 e. The molecule has 2 amide bonds. The van der Waals surface area contributed by atoms with Crippen molar-refractivity contribution in [3.63, 3.8) is 0 Å². The first-order chi connectivity index (χ1) is 23.0. The average Bonchev–Trinajstić information content (AvgIpc) is 3.06. The fourth-order valence-corrected chi connectivity index (χ4v) is 8.11. The summed E-state index contributed by atoms with van der Waals surface area (Å²) in [7, 11) is -4.28. The molecular weight excluding hydrogens is 733 g/mol. The van der Waals surface area contributed by atoms with Crippen LogP contribution in [0.1, 0.15) is 48.8 Å². The second-order valence-corrected chi connectivity index (χ2v) is 15.8. The topological polar surface area (TPSA) is 86.8 Å². The average molecular weight is 772 g/mol. The molecule has 0 saturated heterocycles. The molecule has 4 aromatic carbocycles. The standard InChI is InChI=1S/C37H38BrCl2N3O4S/c1-26-12-18-34(19-13-26)48(46,47)43(33-22-30(39)21-31(40)23-33)25-36(44)42(24-28-14-16-29(38)17-15-28)35(20-27-8-4-2-5-9-27)37(45)41-32-10-6-3-7-11-32/h2,4-5,8-9,12-19,21-23,32,35H,3,6-7,10-11,20,24-25H2,1H3,(H,41,45)/t35-/m1/s1. The molecule has 0 aliphatic heterocycles. The van der Waals surface area contributed by atoms with Gasteiger partial charge in [-0.3, -0.25) is 13.9 Å². The van der Waals surface area contributed by atoms with E-state index in [0.717, 1.165) is 57.6 Å². The van der Waals surface area contributed by atoms with Crippen molar-refractivity contribution < 1.29 is 18.0 Å². The minimum atomic E-state index is -4.28. The van der Waals surface area contributed by atoms with Crippen LogP contribution >= 0.6 is 39.1 Å². The van der Waals surface area contributed by atoms with Crippen LogP contribution < -0.4 is 9.62 Å². The van der Waals surface area contributed by atoms with E-state index < -0.39 is 28.5 Å². The highest BCUT2D eigenvalue weighted by Crippen LogP contribution is 2.31. The van der Waals surface area contributed by atoms with Gasteiger partial charge >= 0.3 is 0 Å². The number of rotatable bonds is 12. The van der Waals surface area contributed by atoms with E-state index in [0.29, 0.717) is 0 Å². The molecule has 1 fully saturated rings. The number of amides is 2. The summed E-state index contributed by atoms with van der Waals surface area (Å²) in [6.07, 6.45) is 5.20. The third kappa shape index (κ3) is 9.41. The van der Waals surface area contributed by atoms with Crippen LogP contribution in [-0.4, -0.2) is 43.8 Å². The van der Waals surface area contributed by atoms with Crippen LogP contribution in [0.25, 0.3) is 0 Å². The molecule has 7 nitrogen and oxygen atoms in total. The normalized spacial score (nSPS) is 14.2. The van der Waals surface area contributed by atoms with Gasteiger partial charge in [0.15, 0.2) is 0 Å². The molecule has 1 saturated carbocycles. The lowest BCUT2D eigenvalue weighted by molar-refractivity contribution is -0.140. The predicted molar refractivity (Wildman–Crippen MR) is 196 cm³/mol. The van der Waals surface area contributed by atoms with Gasteiger partial charge in [0.2, 0.25) is 11.8 Å². The summed E-state index contributed by atoms with van der Waals surface area (Å²) in [6.45, 7) is 1.35. The zero-order chi connectivity index (χ0) is 34.3. The van der Waals surface area contributed by atoms with Crippen LogP contribution in [-0.2, 0) is 32.6 Å². The van der Waals surface area contributed by atoms with E-state index in [4.69, 9.17) is 23.2 Å². The Kier molecular flexibility index (Phi) is 12.2. The minimum absolute atomic E-state index is 0.00679. The van der Waals surface area contributed by atoms with Gasteiger partial charge in [0, 0.05) is 33.5 Å². The van der Waals surface area contributed by atoms with Crippen molar-refractivity contribution in [3.05, 3.63) is 128 Å². The van der Waals surface area contributed by atoms with Crippen molar-refractivity contribution in [2.24, 2.45) is 0 Å². The molecule has 11 heteroatoms. The molecule has 5 rings (SSSR count). The van der Waals surface area contributed by atoms with Crippen molar-refractivity contribution in [3.8, 4) is 0 Å². The quantitative estimate of drug-likeness (QED) is 0.157. The Morgan fingerprint density at radius 1 is 0.854 bits per heavy atom. The first-order valence-electron chi connectivity index (χ1n) is 15.9. The van der Waals surface area contributed by atoms with Crippen molar-refractivity contribution in [2.45, 2.75) is 69.0 Å². The third-order valence-electron chi connectivity index (χ3n) is 8.51. The Bertz CT molecular complexity index is 1800. The van der Waals surface area contributed by atoms with Gasteiger partial charge in [-0.1, -0.05) is 119 Å². The van der Waals surface area contributed by atoms with Gasteiger partial charge in [0.05, 0.1) is 10.6 Å². The van der Waals surface area contributed by atoms with Gasteiger partial charge < -0.3 is 10.2 Å². The van der Waals surface area contributed by atoms with Gasteiger partial charge in [-0.15, -0.1) is 0 Å². The molecule has 1 aliphatic rings. The molecule has 0 heterocycles. The van der Waals surface area contributed by atoms with Crippen LogP contribution in [0.4, 0.5) is 5.69 Å². The molecule has 4 aromatic rings. The number of benzene rings is 4. The van der Waals surface area contributed by atoms with E-state index in [-0.39, 0.29) is 45.5 Å². The fourth-order valence-electron chi connectivity index (χ4n) is 5.93. The predicted octanol–water partition coefficient (Wildman–Crippen LogP) is 8.35. The van der Waals surface area contributed by atoms with Gasteiger partial charge in [-0.25, -0.2) is 8.42 Å². The number of sulfonamides is 1. The maximum absolute atomic E-state index is 14.7. The summed E-state index contributed by atoms with van der Waals surface area (Å²) < 4.78 is 30.4. The van der Waals surface area contributed by atoms with E-state index >= 15 is 0 Å².